The lowest BCUT2D eigenvalue weighted by molar-refractivity contribution is -0.115. The Hall–Kier alpha value is -2.99. The summed E-state index contributed by atoms with van der Waals surface area (Å²) in [6.07, 6.45) is 3.85. The van der Waals surface area contributed by atoms with E-state index in [4.69, 9.17) is 0 Å². The van der Waals surface area contributed by atoms with Gasteiger partial charge in [0.05, 0.1) is 23.0 Å². The fraction of sp³-hybridized carbons (Fsp3) is 0.0556. The Morgan fingerprint density at radius 1 is 1.12 bits per heavy atom. The maximum atomic E-state index is 12.2. The van der Waals surface area contributed by atoms with E-state index in [1.807, 2.05) is 48.5 Å². The van der Waals surface area contributed by atoms with E-state index in [2.05, 4.69) is 20.5 Å². The van der Waals surface area contributed by atoms with Crippen molar-refractivity contribution in [3.63, 3.8) is 0 Å². The van der Waals surface area contributed by atoms with Crippen molar-refractivity contribution in [1.82, 2.24) is 15.2 Å². The fourth-order valence-electron chi connectivity index (χ4n) is 2.51. The zero-order valence-corrected chi connectivity index (χ0v) is 13.5. The molecule has 0 aliphatic heterocycles. The lowest BCUT2D eigenvalue weighted by atomic mass is 10.1. The van der Waals surface area contributed by atoms with Gasteiger partial charge in [0.25, 0.3) is 0 Å². The van der Waals surface area contributed by atoms with Crippen molar-refractivity contribution < 1.29 is 4.79 Å². The molecule has 0 atom stereocenters. The molecular formula is C18H14N4OS. The van der Waals surface area contributed by atoms with Gasteiger partial charge in [0.1, 0.15) is 0 Å². The fourth-order valence-corrected chi connectivity index (χ4v) is 3.35. The van der Waals surface area contributed by atoms with Gasteiger partial charge < -0.3 is 5.32 Å². The van der Waals surface area contributed by atoms with E-state index >= 15 is 0 Å². The summed E-state index contributed by atoms with van der Waals surface area (Å²) >= 11 is 1.47. The second-order valence-electron chi connectivity index (χ2n) is 5.41. The normalized spacial score (nSPS) is 10.8. The molecule has 5 nitrogen and oxygen atoms in total. The number of nitrogens with zero attached hydrogens (tertiary/aromatic N) is 2. The van der Waals surface area contributed by atoms with Gasteiger partial charge in [0.15, 0.2) is 5.13 Å². The van der Waals surface area contributed by atoms with Gasteiger partial charge in [-0.2, -0.15) is 5.10 Å². The Labute approximate surface area is 142 Å². The molecule has 0 aliphatic rings. The molecule has 4 rings (SSSR count). The predicted molar refractivity (Wildman–Crippen MR) is 96.0 cm³/mol. The highest BCUT2D eigenvalue weighted by Gasteiger charge is 2.09. The van der Waals surface area contributed by atoms with Crippen molar-refractivity contribution >= 4 is 33.3 Å². The number of benzene rings is 2. The molecule has 2 aromatic carbocycles. The molecule has 2 N–H and O–H groups in total. The summed E-state index contributed by atoms with van der Waals surface area (Å²) in [6.45, 7) is 0. The molecule has 1 amide bonds. The largest absolute Gasteiger partial charge is 0.302 e. The van der Waals surface area contributed by atoms with E-state index in [9.17, 15) is 4.79 Å². The number of hydrogen-bond acceptors (Lipinski definition) is 4. The molecular weight excluding hydrogens is 320 g/mol. The quantitative estimate of drug-likeness (QED) is 0.595. The molecule has 0 radical (unpaired) electrons. The molecule has 0 saturated heterocycles. The minimum atomic E-state index is -0.0807. The van der Waals surface area contributed by atoms with Gasteiger partial charge in [-0.3, -0.25) is 9.89 Å². The lowest BCUT2D eigenvalue weighted by Gasteiger charge is -2.02. The van der Waals surface area contributed by atoms with Crippen LogP contribution < -0.4 is 5.32 Å². The molecule has 6 heteroatoms. The number of carbonyl (C=O) groups is 1. The van der Waals surface area contributed by atoms with Gasteiger partial charge in [0, 0.05) is 11.6 Å². The van der Waals surface area contributed by atoms with Gasteiger partial charge in [0.2, 0.25) is 5.91 Å². The van der Waals surface area contributed by atoms with Gasteiger partial charge in [-0.15, -0.1) is 0 Å². The first-order valence-corrected chi connectivity index (χ1v) is 8.33. The number of aromatic amines is 1. The molecule has 0 unspecified atom stereocenters. The highest BCUT2D eigenvalue weighted by molar-refractivity contribution is 7.19. The van der Waals surface area contributed by atoms with E-state index in [0.717, 1.165) is 26.9 Å². The van der Waals surface area contributed by atoms with Gasteiger partial charge >= 0.3 is 0 Å². The van der Waals surface area contributed by atoms with Crippen molar-refractivity contribution in [2.75, 3.05) is 5.32 Å². The van der Waals surface area contributed by atoms with Crippen LogP contribution in [-0.2, 0) is 11.2 Å². The summed E-state index contributed by atoms with van der Waals surface area (Å²) in [5.41, 5.74) is 2.96. The minimum absolute atomic E-state index is 0.0807. The third-order valence-corrected chi connectivity index (χ3v) is 4.64. The molecule has 2 heterocycles. The highest BCUT2D eigenvalue weighted by atomic mass is 32.1. The number of carbonyl (C=O) groups excluding carboxylic acids is 1. The zero-order valence-electron chi connectivity index (χ0n) is 12.7. The molecule has 0 bridgehead atoms. The second kappa shape index (κ2) is 6.25. The molecule has 0 spiro atoms. The Bertz CT molecular complexity index is 990. The molecule has 118 valence electrons. The second-order valence-corrected chi connectivity index (χ2v) is 6.44. The first kappa shape index (κ1) is 14.6. The monoisotopic (exact) mass is 334 g/mol. The van der Waals surface area contributed by atoms with Crippen LogP contribution >= 0.6 is 11.3 Å². The van der Waals surface area contributed by atoms with E-state index < -0.39 is 0 Å². The van der Waals surface area contributed by atoms with Crippen LogP contribution in [-0.4, -0.2) is 21.1 Å². The third-order valence-electron chi connectivity index (χ3n) is 3.68. The van der Waals surface area contributed by atoms with Crippen molar-refractivity contribution in [2.24, 2.45) is 0 Å². The SMILES string of the molecule is O=C(Cc1ccc2cn[nH]c2c1)Nc1ncc(-c2ccccc2)s1. The number of nitrogens with one attached hydrogen (secondary N) is 2. The summed E-state index contributed by atoms with van der Waals surface area (Å²) in [4.78, 5) is 17.6. The maximum absolute atomic E-state index is 12.2. The first-order chi connectivity index (χ1) is 11.8. The van der Waals surface area contributed by atoms with Crippen molar-refractivity contribution in [3.8, 4) is 10.4 Å². The number of anilines is 1. The summed E-state index contributed by atoms with van der Waals surface area (Å²) in [5.74, 6) is -0.0807. The van der Waals surface area contributed by atoms with Crippen LogP contribution in [0.25, 0.3) is 21.3 Å². The number of amides is 1. The number of aromatic nitrogens is 3. The molecule has 0 fully saturated rings. The van der Waals surface area contributed by atoms with Crippen LogP contribution in [0.15, 0.2) is 60.9 Å². The number of fused-ring (bicyclic) bond motifs is 1. The minimum Gasteiger partial charge on any atom is -0.302 e. The molecule has 2 aromatic heterocycles. The predicted octanol–water partition coefficient (Wildman–Crippen LogP) is 3.87. The van der Waals surface area contributed by atoms with Crippen LogP contribution in [0.4, 0.5) is 5.13 Å². The Kier molecular flexibility index (Phi) is 3.80. The number of hydrogen-bond donors (Lipinski definition) is 2. The summed E-state index contributed by atoms with van der Waals surface area (Å²) < 4.78 is 0. The summed E-state index contributed by atoms with van der Waals surface area (Å²) in [6, 6.07) is 15.8. The van der Waals surface area contributed by atoms with Crippen LogP contribution in [0.1, 0.15) is 5.56 Å². The van der Waals surface area contributed by atoms with Gasteiger partial charge in [-0.25, -0.2) is 4.98 Å². The van der Waals surface area contributed by atoms with Gasteiger partial charge in [-0.05, 0) is 17.2 Å². The van der Waals surface area contributed by atoms with Crippen molar-refractivity contribution in [2.45, 2.75) is 6.42 Å². The zero-order chi connectivity index (χ0) is 16.4. The molecule has 0 saturated carbocycles. The van der Waals surface area contributed by atoms with E-state index in [0.29, 0.717) is 11.6 Å². The molecule has 4 aromatic rings. The maximum Gasteiger partial charge on any atom is 0.230 e. The average Bonchev–Trinajstić information content (AvgIpc) is 3.24. The third kappa shape index (κ3) is 3.04. The molecule has 0 aliphatic carbocycles. The van der Waals surface area contributed by atoms with E-state index in [1.54, 1.807) is 12.4 Å². The van der Waals surface area contributed by atoms with E-state index in [1.165, 1.54) is 11.3 Å². The van der Waals surface area contributed by atoms with Crippen LogP contribution in [0.5, 0.6) is 0 Å². The van der Waals surface area contributed by atoms with Crippen LogP contribution in [0.2, 0.25) is 0 Å². The van der Waals surface area contributed by atoms with Crippen LogP contribution in [0, 0.1) is 0 Å². The average molecular weight is 334 g/mol. The lowest BCUT2D eigenvalue weighted by Crippen LogP contribution is -2.14. The van der Waals surface area contributed by atoms with Crippen molar-refractivity contribution in [3.05, 3.63) is 66.5 Å². The van der Waals surface area contributed by atoms with Gasteiger partial charge in [-0.1, -0.05) is 53.8 Å². The van der Waals surface area contributed by atoms with Crippen molar-refractivity contribution in [1.29, 1.82) is 0 Å². The molecule has 24 heavy (non-hydrogen) atoms. The number of H-pyrrole nitrogens is 1. The van der Waals surface area contributed by atoms with E-state index in [-0.39, 0.29) is 5.91 Å². The Morgan fingerprint density at radius 3 is 2.88 bits per heavy atom. The first-order valence-electron chi connectivity index (χ1n) is 7.51. The smallest absolute Gasteiger partial charge is 0.230 e. The highest BCUT2D eigenvalue weighted by Crippen LogP contribution is 2.28. The topological polar surface area (TPSA) is 70.7 Å². The summed E-state index contributed by atoms with van der Waals surface area (Å²) in [7, 11) is 0. The Morgan fingerprint density at radius 2 is 2.00 bits per heavy atom. The number of thiazole rings is 1. The number of rotatable bonds is 4. The van der Waals surface area contributed by atoms with Crippen LogP contribution in [0.3, 0.4) is 0 Å². The Balaban J connectivity index is 1.45. The standard InChI is InChI=1S/C18H14N4OS/c23-17(9-12-6-7-14-10-20-22-15(14)8-12)21-18-19-11-16(24-18)13-4-2-1-3-5-13/h1-8,10-11H,9H2,(H,20,22)(H,19,21,23). The summed E-state index contributed by atoms with van der Waals surface area (Å²) in [5, 5.41) is 11.4.